The van der Waals surface area contributed by atoms with Crippen LogP contribution >= 0.6 is 23.2 Å². The highest BCUT2D eigenvalue weighted by Crippen LogP contribution is 2.31. The molecule has 8 nitrogen and oxygen atoms in total. The third-order valence-electron chi connectivity index (χ3n) is 5.26. The zero-order valence-corrected chi connectivity index (χ0v) is 18.6. The molecule has 0 fully saturated rings. The number of para-hydroxylation sites is 1. The highest BCUT2D eigenvalue weighted by Gasteiger charge is 2.23. The van der Waals surface area contributed by atoms with Crippen LogP contribution in [0.2, 0.25) is 10.0 Å². The minimum atomic E-state index is -0.443. The fourth-order valence-electron chi connectivity index (χ4n) is 3.77. The van der Waals surface area contributed by atoms with Crippen LogP contribution in [-0.2, 0) is 0 Å². The van der Waals surface area contributed by atoms with Crippen LogP contribution in [0.5, 0.6) is 0 Å². The van der Waals surface area contributed by atoms with Gasteiger partial charge in [-0.25, -0.2) is 19.9 Å². The van der Waals surface area contributed by atoms with Gasteiger partial charge in [0.05, 0.1) is 39.0 Å². The van der Waals surface area contributed by atoms with Gasteiger partial charge in [0.2, 0.25) is 0 Å². The molecule has 2 N–H and O–H groups in total. The number of fused-ring (bicyclic) bond motifs is 2. The Kier molecular flexibility index (Phi) is 5.03. The summed E-state index contributed by atoms with van der Waals surface area (Å²) in [5.74, 6) is 0.977. The van der Waals surface area contributed by atoms with E-state index in [9.17, 15) is 4.79 Å². The van der Waals surface area contributed by atoms with Gasteiger partial charge in [-0.1, -0.05) is 41.4 Å². The number of hydrogen-bond donors (Lipinski definition) is 2. The molecule has 5 aromatic rings. The number of imidazole rings is 1. The maximum atomic E-state index is 13.7. The molecule has 0 amide bonds. The first-order valence-corrected chi connectivity index (χ1v) is 10.6. The number of H-pyrrole nitrogens is 1. The number of nitrogens with zero attached hydrogens (tertiary/aromatic N) is 5. The molecule has 0 saturated heterocycles. The largest absolute Gasteiger partial charge is 0.358 e. The Bertz CT molecular complexity index is 1520. The Balaban J connectivity index is 1.76. The number of nitrogens with one attached hydrogen (secondary N) is 2. The van der Waals surface area contributed by atoms with Crippen LogP contribution in [0.3, 0.4) is 0 Å². The van der Waals surface area contributed by atoms with Crippen LogP contribution in [0, 0.1) is 6.92 Å². The Labute approximate surface area is 192 Å². The van der Waals surface area contributed by atoms with Gasteiger partial charge in [-0.15, -0.1) is 0 Å². The molecular weight excluding hydrogens is 449 g/mol. The predicted octanol–water partition coefficient (Wildman–Crippen LogP) is 4.84. The van der Waals surface area contributed by atoms with Crippen molar-refractivity contribution in [2.24, 2.45) is 0 Å². The first-order valence-electron chi connectivity index (χ1n) is 9.83. The Morgan fingerprint density at radius 3 is 2.59 bits per heavy atom. The number of aromatic nitrogens is 6. The first kappa shape index (κ1) is 20.4. The summed E-state index contributed by atoms with van der Waals surface area (Å²) in [4.78, 5) is 34.2. The lowest BCUT2D eigenvalue weighted by Crippen LogP contribution is -2.28. The van der Waals surface area contributed by atoms with E-state index in [1.165, 1.54) is 10.9 Å². The van der Waals surface area contributed by atoms with Gasteiger partial charge in [0.15, 0.2) is 11.5 Å². The lowest BCUT2D eigenvalue weighted by Gasteiger charge is -2.21. The summed E-state index contributed by atoms with van der Waals surface area (Å²) in [7, 11) is 0. The van der Waals surface area contributed by atoms with Crippen LogP contribution < -0.4 is 10.9 Å². The molecule has 3 heterocycles. The van der Waals surface area contributed by atoms with Gasteiger partial charge in [0, 0.05) is 0 Å². The van der Waals surface area contributed by atoms with Crippen molar-refractivity contribution >= 4 is 51.1 Å². The van der Waals surface area contributed by atoms with Crippen molar-refractivity contribution in [1.29, 1.82) is 0 Å². The summed E-state index contributed by atoms with van der Waals surface area (Å²) < 4.78 is 1.48. The van der Waals surface area contributed by atoms with Gasteiger partial charge >= 0.3 is 0 Å². The average Bonchev–Trinajstić information content (AvgIpc) is 3.24. The second-order valence-electron chi connectivity index (χ2n) is 7.34. The average molecular weight is 466 g/mol. The number of hydrogen-bond acceptors (Lipinski definition) is 6. The molecule has 0 aliphatic heterocycles. The minimum Gasteiger partial charge on any atom is -0.358 e. The standard InChI is InChI=1S/C22H17Cl2N7O/c1-11-5-3-8-15-16(11)22(32)31(18-13(23)6-4-7-14(18)24)21(30-15)12(2)29-20-17-19(26-9-25-17)27-10-28-20/h3-10,12H,1-2H3,(H2,25,26,27,28,29). The summed E-state index contributed by atoms with van der Waals surface area (Å²) in [6.07, 6.45) is 2.97. The monoisotopic (exact) mass is 465 g/mol. The van der Waals surface area contributed by atoms with Crippen molar-refractivity contribution in [1.82, 2.24) is 29.5 Å². The lowest BCUT2D eigenvalue weighted by atomic mass is 10.1. The van der Waals surface area contributed by atoms with Crippen LogP contribution in [0.4, 0.5) is 5.82 Å². The van der Waals surface area contributed by atoms with Crippen LogP contribution in [0.25, 0.3) is 27.8 Å². The molecule has 10 heteroatoms. The van der Waals surface area contributed by atoms with Crippen molar-refractivity contribution in [3.63, 3.8) is 0 Å². The highest BCUT2D eigenvalue weighted by molar-refractivity contribution is 6.37. The molecular formula is C22H17Cl2N7O. The van der Waals surface area contributed by atoms with Crippen molar-refractivity contribution in [2.45, 2.75) is 19.9 Å². The van der Waals surface area contributed by atoms with Crippen molar-refractivity contribution < 1.29 is 0 Å². The predicted molar refractivity (Wildman–Crippen MR) is 126 cm³/mol. The molecule has 0 radical (unpaired) electrons. The number of rotatable bonds is 4. The van der Waals surface area contributed by atoms with Gasteiger partial charge < -0.3 is 10.3 Å². The molecule has 0 bridgehead atoms. The van der Waals surface area contributed by atoms with Crippen molar-refractivity contribution in [3.8, 4) is 5.69 Å². The van der Waals surface area contributed by atoms with E-state index in [0.29, 0.717) is 49.4 Å². The molecule has 5 rings (SSSR count). The van der Waals surface area contributed by atoms with Gasteiger partial charge in [-0.05, 0) is 37.6 Å². The van der Waals surface area contributed by atoms with E-state index < -0.39 is 6.04 Å². The summed E-state index contributed by atoms with van der Waals surface area (Å²) in [6, 6.07) is 10.2. The Morgan fingerprint density at radius 1 is 1.06 bits per heavy atom. The summed E-state index contributed by atoms with van der Waals surface area (Å²) in [5.41, 5.74) is 2.73. The quantitative estimate of drug-likeness (QED) is 0.393. The normalized spacial score (nSPS) is 12.4. The van der Waals surface area contributed by atoms with E-state index in [0.717, 1.165) is 5.56 Å². The van der Waals surface area contributed by atoms with Gasteiger partial charge in [-0.2, -0.15) is 0 Å². The Morgan fingerprint density at radius 2 is 1.81 bits per heavy atom. The van der Waals surface area contributed by atoms with Gasteiger partial charge in [0.25, 0.3) is 5.56 Å². The van der Waals surface area contributed by atoms with Crippen LogP contribution in [-0.4, -0.2) is 29.5 Å². The van der Waals surface area contributed by atoms with Crippen LogP contribution in [0.15, 0.2) is 53.8 Å². The highest BCUT2D eigenvalue weighted by atomic mass is 35.5. The smallest absolute Gasteiger partial charge is 0.266 e. The van der Waals surface area contributed by atoms with E-state index in [-0.39, 0.29) is 5.56 Å². The number of halogens is 2. The molecule has 160 valence electrons. The molecule has 1 unspecified atom stereocenters. The van der Waals surface area contributed by atoms with Gasteiger partial charge in [-0.3, -0.25) is 9.36 Å². The number of aryl methyl sites for hydroxylation is 1. The molecule has 2 aromatic carbocycles. The van der Waals surface area contributed by atoms with E-state index in [1.807, 2.05) is 32.0 Å². The molecule has 32 heavy (non-hydrogen) atoms. The summed E-state index contributed by atoms with van der Waals surface area (Å²) in [6.45, 7) is 3.76. The fourth-order valence-corrected chi connectivity index (χ4v) is 4.33. The van der Waals surface area contributed by atoms with E-state index >= 15 is 0 Å². The van der Waals surface area contributed by atoms with Crippen molar-refractivity contribution in [2.75, 3.05) is 5.32 Å². The topological polar surface area (TPSA) is 101 Å². The first-order chi connectivity index (χ1) is 15.5. The lowest BCUT2D eigenvalue weighted by molar-refractivity contribution is 0.731. The van der Waals surface area contributed by atoms with Gasteiger partial charge in [0.1, 0.15) is 17.7 Å². The van der Waals surface area contributed by atoms with Crippen molar-refractivity contribution in [3.05, 3.63) is 80.8 Å². The van der Waals surface area contributed by atoms with Crippen LogP contribution in [0.1, 0.15) is 24.4 Å². The third-order valence-corrected chi connectivity index (χ3v) is 5.87. The number of aromatic amines is 1. The maximum absolute atomic E-state index is 13.7. The van der Waals surface area contributed by atoms with E-state index in [4.69, 9.17) is 28.2 Å². The molecule has 0 spiro atoms. The molecule has 0 saturated carbocycles. The SMILES string of the molecule is Cc1cccc2nc(C(C)Nc3ncnc4nc[nH]c34)n(-c3c(Cl)cccc3Cl)c(=O)c12. The summed E-state index contributed by atoms with van der Waals surface area (Å²) >= 11 is 13.0. The third kappa shape index (κ3) is 3.28. The molecule has 0 aliphatic rings. The number of benzene rings is 2. The maximum Gasteiger partial charge on any atom is 0.266 e. The van der Waals surface area contributed by atoms with E-state index in [1.54, 1.807) is 24.5 Å². The summed E-state index contributed by atoms with van der Waals surface area (Å²) in [5, 5.41) is 4.52. The fraction of sp³-hybridized carbons (Fsp3) is 0.136. The van der Waals surface area contributed by atoms with E-state index in [2.05, 4.69) is 25.3 Å². The minimum absolute atomic E-state index is 0.249. The second-order valence-corrected chi connectivity index (χ2v) is 8.15. The Hall–Kier alpha value is -3.49. The molecule has 3 aromatic heterocycles. The number of anilines is 1. The zero-order valence-electron chi connectivity index (χ0n) is 17.1. The zero-order chi connectivity index (χ0) is 22.4. The molecule has 0 aliphatic carbocycles. The second kappa shape index (κ2) is 7.89. The molecule has 1 atom stereocenters.